The van der Waals surface area contributed by atoms with Crippen molar-refractivity contribution in [3.05, 3.63) is 90.0 Å². The highest BCUT2D eigenvalue weighted by atomic mass is 32.2. The van der Waals surface area contributed by atoms with E-state index >= 15 is 0 Å². The Balaban J connectivity index is 1.86. The van der Waals surface area contributed by atoms with Crippen LogP contribution in [0.4, 0.5) is 18.9 Å². The average molecular weight is 417 g/mol. The van der Waals surface area contributed by atoms with Crippen molar-refractivity contribution in [2.45, 2.75) is 11.3 Å². The van der Waals surface area contributed by atoms with Gasteiger partial charge in [0.15, 0.2) is 0 Å². The monoisotopic (exact) mass is 417 g/mol. The number of alkyl halides is 3. The second kappa shape index (κ2) is 8.29. The lowest BCUT2D eigenvalue weighted by atomic mass is 10.2. The molecule has 0 fully saturated rings. The third-order valence-corrected chi connectivity index (χ3v) is 5.02. The molecule has 0 heterocycles. The minimum atomic E-state index is -5.02. The Morgan fingerprint density at radius 1 is 0.793 bits per heavy atom. The molecule has 3 aromatic carbocycles. The van der Waals surface area contributed by atoms with Crippen LogP contribution >= 0.6 is 0 Å². The summed E-state index contributed by atoms with van der Waals surface area (Å²) in [6, 6.07) is 20.0. The molecule has 3 aromatic rings. The van der Waals surface area contributed by atoms with Crippen LogP contribution in [-0.4, -0.2) is 14.8 Å². The molecule has 148 valence electrons. The van der Waals surface area contributed by atoms with E-state index in [2.05, 4.69) is 21.3 Å². The lowest BCUT2D eigenvalue weighted by Gasteiger charge is -2.14. The van der Waals surface area contributed by atoms with Crippen LogP contribution in [0.5, 0.6) is 5.75 Å². The maximum absolute atomic E-state index is 12.6. The summed E-state index contributed by atoms with van der Waals surface area (Å²) in [4.78, 5) is -0.627. The van der Waals surface area contributed by atoms with E-state index < -0.39 is 27.0 Å². The van der Waals surface area contributed by atoms with E-state index in [0.717, 1.165) is 17.7 Å². The van der Waals surface area contributed by atoms with Crippen LogP contribution in [0.1, 0.15) is 11.1 Å². The summed E-state index contributed by atoms with van der Waals surface area (Å²) >= 11 is 0. The molecule has 4 nitrogen and oxygen atoms in total. The van der Waals surface area contributed by atoms with E-state index in [1.165, 1.54) is 24.3 Å². The fraction of sp³-hybridized carbons (Fsp3) is 0.0476. The van der Waals surface area contributed by atoms with Gasteiger partial charge in [0, 0.05) is 11.1 Å². The Morgan fingerprint density at radius 3 is 2.14 bits per heavy atom. The summed E-state index contributed by atoms with van der Waals surface area (Å²) in [6.07, 6.45) is -5.02. The number of hydrogen-bond donors (Lipinski definition) is 1. The first-order valence-electron chi connectivity index (χ1n) is 8.28. The van der Waals surface area contributed by atoms with Gasteiger partial charge in [-0.05, 0) is 42.5 Å². The van der Waals surface area contributed by atoms with Gasteiger partial charge in [-0.2, -0.15) is 0 Å². The number of sulfonamides is 1. The number of ether oxygens (including phenoxy) is 1. The van der Waals surface area contributed by atoms with Crippen molar-refractivity contribution in [1.82, 2.24) is 0 Å². The fourth-order valence-electron chi connectivity index (χ4n) is 2.42. The number of hydrogen-bond acceptors (Lipinski definition) is 3. The van der Waals surface area contributed by atoms with Gasteiger partial charge in [0.25, 0.3) is 10.0 Å². The topological polar surface area (TPSA) is 55.4 Å². The van der Waals surface area contributed by atoms with Gasteiger partial charge < -0.3 is 4.74 Å². The predicted octanol–water partition coefficient (Wildman–Crippen LogP) is 4.79. The van der Waals surface area contributed by atoms with Crippen LogP contribution in [0, 0.1) is 11.8 Å². The molecule has 1 N–H and O–H groups in total. The van der Waals surface area contributed by atoms with Crippen LogP contribution < -0.4 is 9.46 Å². The maximum Gasteiger partial charge on any atom is 0.573 e. The number of nitrogens with one attached hydrogen (secondary N) is 1. The van der Waals surface area contributed by atoms with Crippen molar-refractivity contribution < 1.29 is 26.3 Å². The number of para-hydroxylation sites is 1. The van der Waals surface area contributed by atoms with Gasteiger partial charge in [0.2, 0.25) is 0 Å². The maximum atomic E-state index is 12.6. The Morgan fingerprint density at radius 2 is 1.41 bits per heavy atom. The Bertz CT molecular complexity index is 1160. The first-order valence-corrected chi connectivity index (χ1v) is 9.76. The van der Waals surface area contributed by atoms with Crippen molar-refractivity contribution in [3.8, 4) is 17.6 Å². The molecule has 3 rings (SSSR count). The van der Waals surface area contributed by atoms with E-state index in [1.807, 2.05) is 30.3 Å². The standard InChI is InChI=1S/C21H14F3NO3S/c22-21(23,24)28-19-11-4-5-12-20(19)29(26,27)25-18-10-6-9-17(15-18)14-13-16-7-2-1-3-8-16/h1-12,15,25H. The SMILES string of the molecule is O=S(=O)(Nc1cccc(C#Cc2ccccc2)c1)c1ccccc1OC(F)(F)F. The normalized spacial score (nSPS) is 11.3. The zero-order chi connectivity index (χ0) is 20.9. The molecule has 0 atom stereocenters. The van der Waals surface area contributed by atoms with Crippen LogP contribution in [0.3, 0.4) is 0 Å². The first-order chi connectivity index (χ1) is 13.7. The fourth-order valence-corrected chi connectivity index (χ4v) is 3.60. The molecule has 0 aliphatic heterocycles. The number of anilines is 1. The number of benzene rings is 3. The summed E-state index contributed by atoms with van der Waals surface area (Å²) in [5.74, 6) is 5.04. The molecule has 0 aliphatic carbocycles. The zero-order valence-electron chi connectivity index (χ0n) is 14.8. The van der Waals surface area contributed by atoms with E-state index in [1.54, 1.807) is 12.1 Å². The second-order valence-electron chi connectivity index (χ2n) is 5.80. The van der Waals surface area contributed by atoms with Gasteiger partial charge in [-0.25, -0.2) is 8.42 Å². The van der Waals surface area contributed by atoms with Crippen molar-refractivity contribution >= 4 is 15.7 Å². The molecular weight excluding hydrogens is 403 g/mol. The summed E-state index contributed by atoms with van der Waals surface area (Å²) in [5.41, 5.74) is 1.48. The third-order valence-electron chi connectivity index (χ3n) is 3.60. The van der Waals surface area contributed by atoms with Crippen molar-refractivity contribution in [3.63, 3.8) is 0 Å². The highest BCUT2D eigenvalue weighted by Crippen LogP contribution is 2.30. The summed E-state index contributed by atoms with van der Waals surface area (Å²) in [5, 5.41) is 0. The third kappa shape index (κ3) is 5.77. The van der Waals surface area contributed by atoms with Gasteiger partial charge in [-0.1, -0.05) is 48.2 Å². The lowest BCUT2D eigenvalue weighted by Crippen LogP contribution is -2.20. The van der Waals surface area contributed by atoms with Crippen LogP contribution in [0.2, 0.25) is 0 Å². The Labute approximate surface area is 166 Å². The number of halogens is 3. The lowest BCUT2D eigenvalue weighted by molar-refractivity contribution is -0.275. The molecule has 0 aliphatic rings. The van der Waals surface area contributed by atoms with Crippen molar-refractivity contribution in [2.24, 2.45) is 0 Å². The van der Waals surface area contributed by atoms with Crippen LogP contribution in [0.25, 0.3) is 0 Å². The highest BCUT2D eigenvalue weighted by molar-refractivity contribution is 7.92. The molecule has 0 saturated carbocycles. The van der Waals surface area contributed by atoms with E-state index in [-0.39, 0.29) is 5.69 Å². The molecule has 0 unspecified atom stereocenters. The van der Waals surface area contributed by atoms with Gasteiger partial charge >= 0.3 is 6.36 Å². The van der Waals surface area contributed by atoms with Crippen molar-refractivity contribution in [2.75, 3.05) is 4.72 Å². The molecule has 0 spiro atoms. The summed E-state index contributed by atoms with van der Waals surface area (Å²) < 4.78 is 69.0. The molecule has 0 bridgehead atoms. The number of rotatable bonds is 4. The second-order valence-corrected chi connectivity index (χ2v) is 7.45. The summed E-state index contributed by atoms with van der Waals surface area (Å²) in [7, 11) is -4.32. The summed E-state index contributed by atoms with van der Waals surface area (Å²) in [6.45, 7) is 0. The molecular formula is C21H14F3NO3S. The van der Waals surface area contributed by atoms with Crippen molar-refractivity contribution in [1.29, 1.82) is 0 Å². The van der Waals surface area contributed by atoms with E-state index in [4.69, 9.17) is 0 Å². The van der Waals surface area contributed by atoms with Gasteiger partial charge in [-0.15, -0.1) is 13.2 Å². The molecule has 29 heavy (non-hydrogen) atoms. The van der Waals surface area contributed by atoms with Gasteiger partial charge in [-0.3, -0.25) is 4.72 Å². The van der Waals surface area contributed by atoms with Crippen LogP contribution in [0.15, 0.2) is 83.8 Å². The largest absolute Gasteiger partial charge is 0.573 e. The minimum absolute atomic E-state index is 0.159. The quantitative estimate of drug-likeness (QED) is 0.622. The smallest absolute Gasteiger partial charge is 0.404 e. The minimum Gasteiger partial charge on any atom is -0.404 e. The predicted molar refractivity (Wildman–Crippen MR) is 103 cm³/mol. The molecule has 0 radical (unpaired) electrons. The Kier molecular flexibility index (Phi) is 5.80. The zero-order valence-corrected chi connectivity index (χ0v) is 15.6. The Hall–Kier alpha value is -3.44. The van der Waals surface area contributed by atoms with E-state index in [0.29, 0.717) is 5.56 Å². The van der Waals surface area contributed by atoms with E-state index in [9.17, 15) is 21.6 Å². The van der Waals surface area contributed by atoms with Crippen LogP contribution in [-0.2, 0) is 10.0 Å². The average Bonchev–Trinajstić information content (AvgIpc) is 2.66. The molecule has 0 amide bonds. The van der Waals surface area contributed by atoms with Gasteiger partial charge in [0.1, 0.15) is 10.6 Å². The highest BCUT2D eigenvalue weighted by Gasteiger charge is 2.34. The van der Waals surface area contributed by atoms with Gasteiger partial charge in [0.05, 0.1) is 5.69 Å². The molecule has 0 aromatic heterocycles. The molecule has 8 heteroatoms. The first kappa shape index (κ1) is 20.3. The molecule has 0 saturated heterocycles.